The topological polar surface area (TPSA) is 36.4 Å². The number of alkyl halides is 1. The summed E-state index contributed by atoms with van der Waals surface area (Å²) >= 11 is 6.61. The summed E-state index contributed by atoms with van der Waals surface area (Å²) < 4.78 is 0. The lowest BCUT2D eigenvalue weighted by Crippen LogP contribution is -2.47. The minimum absolute atomic E-state index is 0.267. The van der Waals surface area contributed by atoms with Crippen molar-refractivity contribution >= 4 is 17.4 Å². The normalized spacial score (nSPS) is 17.1. The smallest absolute Gasteiger partial charge is 0.158 e. The molecule has 5 aromatic rings. The molecule has 3 nitrogen and oxygen atoms in total. The highest BCUT2D eigenvalue weighted by atomic mass is 35.5. The number of hydrogen-bond acceptors (Lipinski definition) is 3. The Morgan fingerprint density at radius 3 is 1.57 bits per heavy atom. The van der Waals surface area contributed by atoms with Gasteiger partial charge < -0.3 is 5.32 Å². The largest absolute Gasteiger partial charge is 0.342 e. The van der Waals surface area contributed by atoms with Gasteiger partial charge in [-0.2, -0.15) is 0 Å². The van der Waals surface area contributed by atoms with Crippen molar-refractivity contribution in [2.75, 3.05) is 0 Å². The predicted octanol–water partition coefficient (Wildman–Crippen LogP) is 7.85. The fourth-order valence-electron chi connectivity index (χ4n) is 4.71. The third kappa shape index (κ3) is 5.19. The SMILES string of the molecule is ClC1NC(c2cccc(-c3ccccc3)c2)=NC(c2cccc(-c3cccc(-c4ccccc4)c3)c2)N1. The molecule has 0 bridgehead atoms. The summed E-state index contributed by atoms with van der Waals surface area (Å²) in [5, 5.41) is 6.65. The molecule has 2 N–H and O–H groups in total. The molecule has 1 aliphatic rings. The average molecular weight is 500 g/mol. The van der Waals surface area contributed by atoms with Gasteiger partial charge in [-0.05, 0) is 57.1 Å². The second-order valence-corrected chi connectivity index (χ2v) is 9.51. The number of nitrogens with one attached hydrogen (secondary N) is 2. The van der Waals surface area contributed by atoms with Crippen LogP contribution in [0.1, 0.15) is 17.3 Å². The summed E-state index contributed by atoms with van der Waals surface area (Å²) in [6.07, 6.45) is -0.267. The van der Waals surface area contributed by atoms with Gasteiger partial charge in [0.15, 0.2) is 5.62 Å². The molecule has 4 heteroatoms. The molecule has 6 rings (SSSR count). The third-order valence-corrected chi connectivity index (χ3v) is 6.81. The van der Waals surface area contributed by atoms with E-state index in [4.69, 9.17) is 16.6 Å². The summed E-state index contributed by atoms with van der Waals surface area (Å²) in [6, 6.07) is 46.3. The van der Waals surface area contributed by atoms with E-state index in [1.165, 1.54) is 22.3 Å². The van der Waals surface area contributed by atoms with Gasteiger partial charge >= 0.3 is 0 Å². The Morgan fingerprint density at radius 1 is 0.486 bits per heavy atom. The molecule has 5 aromatic carbocycles. The van der Waals surface area contributed by atoms with E-state index in [9.17, 15) is 0 Å². The zero-order valence-electron chi connectivity index (χ0n) is 20.2. The Labute approximate surface area is 222 Å². The van der Waals surface area contributed by atoms with Crippen LogP contribution in [0.3, 0.4) is 0 Å². The van der Waals surface area contributed by atoms with Crippen LogP contribution < -0.4 is 10.6 Å². The van der Waals surface area contributed by atoms with E-state index in [1.54, 1.807) is 0 Å². The van der Waals surface area contributed by atoms with Crippen molar-refractivity contribution in [2.24, 2.45) is 4.99 Å². The van der Waals surface area contributed by atoms with E-state index in [2.05, 4.69) is 132 Å². The van der Waals surface area contributed by atoms with Crippen LogP contribution in [0.25, 0.3) is 33.4 Å². The molecule has 2 unspecified atom stereocenters. The first-order chi connectivity index (χ1) is 18.2. The number of rotatable bonds is 5. The van der Waals surface area contributed by atoms with Gasteiger partial charge in [0, 0.05) is 5.56 Å². The first-order valence-corrected chi connectivity index (χ1v) is 12.8. The van der Waals surface area contributed by atoms with E-state index in [1.807, 2.05) is 12.1 Å². The van der Waals surface area contributed by atoms with Gasteiger partial charge in [0.25, 0.3) is 0 Å². The van der Waals surface area contributed by atoms with Crippen LogP contribution in [0.15, 0.2) is 138 Å². The molecule has 0 aromatic heterocycles. The number of nitrogens with zero attached hydrogens (tertiary/aromatic N) is 1. The van der Waals surface area contributed by atoms with Crippen LogP contribution in [0.2, 0.25) is 0 Å². The lowest BCUT2D eigenvalue weighted by Gasteiger charge is -2.28. The van der Waals surface area contributed by atoms with Gasteiger partial charge in [-0.15, -0.1) is 0 Å². The summed E-state index contributed by atoms with van der Waals surface area (Å²) in [4.78, 5) is 5.02. The highest BCUT2D eigenvalue weighted by Gasteiger charge is 2.23. The van der Waals surface area contributed by atoms with Crippen molar-refractivity contribution in [2.45, 2.75) is 11.8 Å². The van der Waals surface area contributed by atoms with E-state index >= 15 is 0 Å². The molecular formula is C33H26ClN3. The molecule has 1 aliphatic heterocycles. The molecule has 0 amide bonds. The van der Waals surface area contributed by atoms with Crippen molar-refractivity contribution in [1.82, 2.24) is 10.6 Å². The Hall–Kier alpha value is -4.18. The Balaban J connectivity index is 1.32. The van der Waals surface area contributed by atoms with Crippen LogP contribution in [-0.4, -0.2) is 11.5 Å². The Morgan fingerprint density at radius 2 is 0.946 bits per heavy atom. The third-order valence-electron chi connectivity index (χ3n) is 6.57. The Kier molecular flexibility index (Phi) is 6.55. The lowest BCUT2D eigenvalue weighted by molar-refractivity contribution is 0.483. The molecule has 0 aliphatic carbocycles. The van der Waals surface area contributed by atoms with Gasteiger partial charge in [0.05, 0.1) is 0 Å². The molecule has 0 saturated carbocycles. The fraction of sp³-hybridized carbons (Fsp3) is 0.0606. The molecule has 37 heavy (non-hydrogen) atoms. The first kappa shape index (κ1) is 23.2. The van der Waals surface area contributed by atoms with Crippen LogP contribution in [0, 0.1) is 0 Å². The van der Waals surface area contributed by atoms with E-state index in [-0.39, 0.29) is 6.17 Å². The van der Waals surface area contributed by atoms with Gasteiger partial charge in [-0.1, -0.05) is 127 Å². The maximum atomic E-state index is 6.61. The van der Waals surface area contributed by atoms with E-state index in [0.717, 1.165) is 28.1 Å². The minimum Gasteiger partial charge on any atom is -0.342 e. The highest BCUT2D eigenvalue weighted by Crippen LogP contribution is 2.30. The quantitative estimate of drug-likeness (QED) is 0.191. The molecule has 0 spiro atoms. The molecule has 0 fully saturated rings. The van der Waals surface area contributed by atoms with Crippen LogP contribution in [0.4, 0.5) is 0 Å². The zero-order valence-corrected chi connectivity index (χ0v) is 20.9. The van der Waals surface area contributed by atoms with Gasteiger partial charge in [-0.25, -0.2) is 4.99 Å². The zero-order chi connectivity index (χ0) is 25.0. The second-order valence-electron chi connectivity index (χ2n) is 9.07. The van der Waals surface area contributed by atoms with E-state index in [0.29, 0.717) is 0 Å². The van der Waals surface area contributed by atoms with Crippen LogP contribution in [0.5, 0.6) is 0 Å². The highest BCUT2D eigenvalue weighted by molar-refractivity contribution is 6.22. The minimum atomic E-state index is -0.442. The maximum Gasteiger partial charge on any atom is 0.158 e. The van der Waals surface area contributed by atoms with Gasteiger partial charge in [0.1, 0.15) is 12.0 Å². The molecular weight excluding hydrogens is 474 g/mol. The van der Waals surface area contributed by atoms with Crippen molar-refractivity contribution in [3.8, 4) is 33.4 Å². The summed E-state index contributed by atoms with van der Waals surface area (Å²) in [7, 11) is 0. The number of halogens is 1. The number of benzene rings is 5. The number of aliphatic imine (C=N–C) groups is 1. The van der Waals surface area contributed by atoms with Gasteiger partial charge in [0.2, 0.25) is 0 Å². The lowest BCUT2D eigenvalue weighted by atomic mass is 9.97. The van der Waals surface area contributed by atoms with Crippen molar-refractivity contribution in [3.05, 3.63) is 145 Å². The van der Waals surface area contributed by atoms with Crippen LogP contribution >= 0.6 is 11.6 Å². The van der Waals surface area contributed by atoms with E-state index < -0.39 is 5.62 Å². The monoisotopic (exact) mass is 499 g/mol. The molecule has 0 saturated heterocycles. The maximum absolute atomic E-state index is 6.61. The van der Waals surface area contributed by atoms with Gasteiger partial charge in [-0.3, -0.25) is 5.32 Å². The van der Waals surface area contributed by atoms with Crippen molar-refractivity contribution in [3.63, 3.8) is 0 Å². The second kappa shape index (κ2) is 10.4. The molecule has 1 heterocycles. The summed E-state index contributed by atoms with van der Waals surface area (Å²) in [5.74, 6) is 0.776. The van der Waals surface area contributed by atoms with Crippen molar-refractivity contribution in [1.29, 1.82) is 0 Å². The fourth-order valence-corrected chi connectivity index (χ4v) is 4.93. The standard InChI is InChI=1S/C33H26ClN3/c34-33-36-31(29-18-8-15-26(21-29)24-12-5-2-6-13-24)35-32(37-33)30-19-9-17-28(22-30)27-16-7-14-25(20-27)23-10-3-1-4-11-23/h1-22,32-33,37H,(H,35,36). The molecule has 180 valence electrons. The number of amidine groups is 1. The Bertz CT molecular complexity index is 1550. The summed E-state index contributed by atoms with van der Waals surface area (Å²) in [6.45, 7) is 0. The van der Waals surface area contributed by atoms with Crippen molar-refractivity contribution < 1.29 is 0 Å². The number of hydrogen-bond donors (Lipinski definition) is 2. The summed E-state index contributed by atoms with van der Waals surface area (Å²) in [5.41, 5.74) is 8.65. The molecule has 2 atom stereocenters. The first-order valence-electron chi connectivity index (χ1n) is 12.4. The van der Waals surface area contributed by atoms with Crippen LogP contribution in [-0.2, 0) is 0 Å². The average Bonchev–Trinajstić information content (AvgIpc) is 2.98. The predicted molar refractivity (Wildman–Crippen MR) is 154 cm³/mol. The molecule has 0 radical (unpaired) electrons.